The zero-order valence-corrected chi connectivity index (χ0v) is 12.6. The van der Waals surface area contributed by atoms with Crippen LogP contribution >= 0.6 is 0 Å². The topological polar surface area (TPSA) is 31.4 Å². The molecule has 0 saturated carbocycles. The Hall–Kier alpha value is -1.29. The quantitative estimate of drug-likeness (QED) is 0.882. The Balaban J connectivity index is 2.06. The number of likely N-dealkylation sites (N-methyl/N-ethyl adjacent to an activating group) is 1. The maximum Gasteiger partial charge on any atom is 0.131 e. The summed E-state index contributed by atoms with van der Waals surface area (Å²) in [7, 11) is 4.33. The molecule has 1 aliphatic rings. The Bertz CT molecular complexity index is 405. The van der Waals surface area contributed by atoms with Gasteiger partial charge in [0, 0.05) is 25.7 Å². The average Bonchev–Trinajstić information content (AvgIpc) is 2.79. The molecule has 2 atom stereocenters. The summed E-state index contributed by atoms with van der Waals surface area (Å²) in [6.07, 6.45) is 1.12. The first-order chi connectivity index (χ1) is 9.11. The first-order valence-corrected chi connectivity index (χ1v) is 7.24. The summed E-state index contributed by atoms with van der Waals surface area (Å²) in [6.45, 7) is 7.63. The second-order valence-corrected chi connectivity index (χ2v) is 5.72. The fourth-order valence-electron chi connectivity index (χ4n) is 2.76. The van der Waals surface area contributed by atoms with E-state index in [9.17, 15) is 0 Å². The number of anilines is 2. The van der Waals surface area contributed by atoms with Crippen LogP contribution in [0.4, 0.5) is 11.6 Å². The van der Waals surface area contributed by atoms with E-state index >= 15 is 0 Å². The van der Waals surface area contributed by atoms with Crippen LogP contribution in [-0.2, 0) is 0 Å². The summed E-state index contributed by atoms with van der Waals surface area (Å²) in [6, 6.07) is 6.87. The zero-order chi connectivity index (χ0) is 13.8. The lowest BCUT2D eigenvalue weighted by molar-refractivity contribution is 0.266. The first kappa shape index (κ1) is 14.1. The molecular formula is C15H26N4. The molecule has 0 amide bonds. The van der Waals surface area contributed by atoms with Crippen molar-refractivity contribution in [3.63, 3.8) is 0 Å². The van der Waals surface area contributed by atoms with Crippen molar-refractivity contribution in [2.75, 3.05) is 43.9 Å². The van der Waals surface area contributed by atoms with Gasteiger partial charge in [-0.1, -0.05) is 19.9 Å². The van der Waals surface area contributed by atoms with Crippen molar-refractivity contribution in [2.45, 2.75) is 26.3 Å². The van der Waals surface area contributed by atoms with Gasteiger partial charge in [-0.15, -0.1) is 0 Å². The van der Waals surface area contributed by atoms with Crippen LogP contribution < -0.4 is 10.2 Å². The van der Waals surface area contributed by atoms with Gasteiger partial charge in [0.1, 0.15) is 11.6 Å². The van der Waals surface area contributed by atoms with Gasteiger partial charge < -0.3 is 15.1 Å². The van der Waals surface area contributed by atoms with E-state index in [4.69, 9.17) is 4.98 Å². The van der Waals surface area contributed by atoms with E-state index in [1.807, 2.05) is 6.07 Å². The van der Waals surface area contributed by atoms with Crippen LogP contribution in [0.2, 0.25) is 0 Å². The maximum atomic E-state index is 4.72. The standard InChI is InChI=1S/C15H26N4/c1-5-9-16-14-7-6-8-15(17-14)19-10-12(2)13(11-19)18(3)4/h6-8,12-13H,5,9-11H2,1-4H3,(H,16,17). The van der Waals surface area contributed by atoms with Gasteiger partial charge in [-0.25, -0.2) is 4.98 Å². The lowest BCUT2D eigenvalue weighted by Crippen LogP contribution is -2.34. The lowest BCUT2D eigenvalue weighted by Gasteiger charge is -2.22. The van der Waals surface area contributed by atoms with Crippen LogP contribution in [0.15, 0.2) is 18.2 Å². The molecule has 0 aromatic carbocycles. The summed E-state index contributed by atoms with van der Waals surface area (Å²) in [5, 5.41) is 3.36. The number of pyridine rings is 1. The predicted octanol–water partition coefficient (Wildman–Crippen LogP) is 2.29. The molecule has 2 heterocycles. The maximum absolute atomic E-state index is 4.72. The molecule has 1 fully saturated rings. The van der Waals surface area contributed by atoms with Gasteiger partial charge in [0.25, 0.3) is 0 Å². The minimum Gasteiger partial charge on any atom is -0.370 e. The largest absolute Gasteiger partial charge is 0.370 e. The van der Waals surface area contributed by atoms with Crippen molar-refractivity contribution in [1.82, 2.24) is 9.88 Å². The van der Waals surface area contributed by atoms with Crippen molar-refractivity contribution in [3.05, 3.63) is 18.2 Å². The fraction of sp³-hybridized carbons (Fsp3) is 0.667. The third-order valence-electron chi connectivity index (χ3n) is 3.85. The van der Waals surface area contributed by atoms with Crippen LogP contribution in [0.3, 0.4) is 0 Å². The third kappa shape index (κ3) is 3.38. The summed E-state index contributed by atoms with van der Waals surface area (Å²) in [4.78, 5) is 9.44. The molecular weight excluding hydrogens is 236 g/mol. The molecule has 1 aromatic heterocycles. The van der Waals surface area contributed by atoms with Crippen molar-refractivity contribution >= 4 is 11.6 Å². The molecule has 0 spiro atoms. The smallest absolute Gasteiger partial charge is 0.131 e. The molecule has 0 aliphatic carbocycles. The molecule has 106 valence electrons. The Morgan fingerprint density at radius 1 is 1.37 bits per heavy atom. The van der Waals surface area contributed by atoms with Gasteiger partial charge in [0.2, 0.25) is 0 Å². The van der Waals surface area contributed by atoms with Gasteiger partial charge in [0.15, 0.2) is 0 Å². The molecule has 1 N–H and O–H groups in total. The molecule has 1 aliphatic heterocycles. The number of hydrogen-bond acceptors (Lipinski definition) is 4. The molecule has 4 heteroatoms. The normalized spacial score (nSPS) is 23.1. The molecule has 4 nitrogen and oxygen atoms in total. The van der Waals surface area contributed by atoms with E-state index < -0.39 is 0 Å². The Labute approximate surface area is 116 Å². The van der Waals surface area contributed by atoms with E-state index in [0.29, 0.717) is 12.0 Å². The minimum atomic E-state index is 0.619. The summed E-state index contributed by atoms with van der Waals surface area (Å²) in [5.74, 6) is 2.77. The van der Waals surface area contributed by atoms with Gasteiger partial charge in [-0.2, -0.15) is 0 Å². The number of hydrogen-bond donors (Lipinski definition) is 1. The van der Waals surface area contributed by atoms with Crippen molar-refractivity contribution in [1.29, 1.82) is 0 Å². The van der Waals surface area contributed by atoms with Crippen molar-refractivity contribution in [2.24, 2.45) is 5.92 Å². The zero-order valence-electron chi connectivity index (χ0n) is 12.6. The van der Waals surface area contributed by atoms with E-state index in [0.717, 1.165) is 37.7 Å². The fourth-order valence-corrected chi connectivity index (χ4v) is 2.76. The third-order valence-corrected chi connectivity index (χ3v) is 3.85. The van der Waals surface area contributed by atoms with Gasteiger partial charge in [-0.3, -0.25) is 0 Å². The highest BCUT2D eigenvalue weighted by molar-refractivity contribution is 5.48. The van der Waals surface area contributed by atoms with Gasteiger partial charge in [0.05, 0.1) is 0 Å². The minimum absolute atomic E-state index is 0.619. The Kier molecular flexibility index (Phi) is 4.64. The van der Waals surface area contributed by atoms with E-state index in [1.54, 1.807) is 0 Å². The van der Waals surface area contributed by atoms with Crippen molar-refractivity contribution < 1.29 is 0 Å². The number of nitrogens with zero attached hydrogens (tertiary/aromatic N) is 3. The van der Waals surface area contributed by atoms with Crippen LogP contribution in [0, 0.1) is 5.92 Å². The molecule has 1 aromatic rings. The monoisotopic (exact) mass is 262 g/mol. The predicted molar refractivity (Wildman–Crippen MR) is 81.9 cm³/mol. The number of nitrogens with one attached hydrogen (secondary N) is 1. The SMILES string of the molecule is CCCNc1cccc(N2CC(C)C(N(C)C)C2)n1. The number of aromatic nitrogens is 1. The summed E-state index contributed by atoms with van der Waals surface area (Å²) >= 11 is 0. The summed E-state index contributed by atoms with van der Waals surface area (Å²) < 4.78 is 0. The second-order valence-electron chi connectivity index (χ2n) is 5.72. The van der Waals surface area contributed by atoms with E-state index in [-0.39, 0.29) is 0 Å². The average molecular weight is 262 g/mol. The van der Waals surface area contributed by atoms with Gasteiger partial charge >= 0.3 is 0 Å². The van der Waals surface area contributed by atoms with Crippen LogP contribution in [0.25, 0.3) is 0 Å². The van der Waals surface area contributed by atoms with E-state index in [2.05, 4.69) is 55.2 Å². The first-order valence-electron chi connectivity index (χ1n) is 7.24. The molecule has 0 bridgehead atoms. The Morgan fingerprint density at radius 3 is 2.79 bits per heavy atom. The molecule has 2 unspecified atom stereocenters. The highest BCUT2D eigenvalue weighted by atomic mass is 15.3. The Morgan fingerprint density at radius 2 is 2.16 bits per heavy atom. The second kappa shape index (κ2) is 6.24. The highest BCUT2D eigenvalue weighted by Gasteiger charge is 2.31. The van der Waals surface area contributed by atoms with Crippen LogP contribution in [-0.4, -0.2) is 49.7 Å². The highest BCUT2D eigenvalue weighted by Crippen LogP contribution is 2.25. The summed E-state index contributed by atoms with van der Waals surface area (Å²) in [5.41, 5.74) is 0. The van der Waals surface area contributed by atoms with Crippen LogP contribution in [0.5, 0.6) is 0 Å². The van der Waals surface area contributed by atoms with Crippen LogP contribution in [0.1, 0.15) is 20.3 Å². The number of rotatable bonds is 5. The van der Waals surface area contributed by atoms with Crippen molar-refractivity contribution in [3.8, 4) is 0 Å². The van der Waals surface area contributed by atoms with E-state index in [1.165, 1.54) is 0 Å². The molecule has 2 rings (SSSR count). The molecule has 0 radical (unpaired) electrons. The van der Waals surface area contributed by atoms with Gasteiger partial charge in [-0.05, 0) is 38.6 Å². The lowest BCUT2D eigenvalue weighted by atomic mass is 10.1. The molecule has 1 saturated heterocycles. The molecule has 19 heavy (non-hydrogen) atoms.